The van der Waals surface area contributed by atoms with E-state index in [0.717, 1.165) is 5.56 Å². The van der Waals surface area contributed by atoms with Crippen molar-refractivity contribution >= 4 is 5.97 Å². The molecule has 2 aromatic rings. The standard InChI is InChI=1S/C22H17F9O3/c1-2-13-33-16-7-3-14(4-8-16)15-5-9-17(10-6-15)34-18(32)11-12-19(23,24)20(25,26)21(27,28)22(29,30)31/h2-10H,1,11-13H2. The van der Waals surface area contributed by atoms with Gasteiger partial charge in [-0.25, -0.2) is 0 Å². The molecule has 0 aliphatic rings. The quantitative estimate of drug-likeness (QED) is 0.152. The minimum absolute atomic E-state index is 0.185. The van der Waals surface area contributed by atoms with Crippen LogP contribution >= 0.6 is 0 Å². The van der Waals surface area contributed by atoms with Crippen LogP contribution in [0, 0.1) is 0 Å². The van der Waals surface area contributed by atoms with Gasteiger partial charge in [-0.05, 0) is 35.4 Å². The van der Waals surface area contributed by atoms with Gasteiger partial charge in [-0.3, -0.25) is 4.79 Å². The summed E-state index contributed by atoms with van der Waals surface area (Å²) in [6.45, 7) is 3.83. The molecule has 0 heterocycles. The van der Waals surface area contributed by atoms with Crippen molar-refractivity contribution in [3.63, 3.8) is 0 Å². The Hall–Kier alpha value is -3.18. The first-order valence-corrected chi connectivity index (χ1v) is 9.47. The second kappa shape index (κ2) is 9.98. The van der Waals surface area contributed by atoms with Gasteiger partial charge in [0.25, 0.3) is 0 Å². The largest absolute Gasteiger partial charge is 0.490 e. The van der Waals surface area contributed by atoms with Gasteiger partial charge in [-0.15, -0.1) is 0 Å². The first kappa shape index (κ1) is 27.1. The van der Waals surface area contributed by atoms with Gasteiger partial charge < -0.3 is 9.47 Å². The highest BCUT2D eigenvalue weighted by atomic mass is 19.4. The number of alkyl halides is 9. The van der Waals surface area contributed by atoms with E-state index in [2.05, 4.69) is 11.3 Å². The van der Waals surface area contributed by atoms with Crippen LogP contribution in [-0.2, 0) is 4.79 Å². The van der Waals surface area contributed by atoms with Gasteiger partial charge in [0.2, 0.25) is 0 Å². The summed E-state index contributed by atoms with van der Waals surface area (Å²) in [6.07, 6.45) is -9.17. The van der Waals surface area contributed by atoms with Crippen molar-refractivity contribution < 1.29 is 53.8 Å². The minimum Gasteiger partial charge on any atom is -0.490 e. The second-order valence-electron chi connectivity index (χ2n) is 6.97. The predicted octanol–water partition coefficient (Wildman–Crippen LogP) is 7.07. The highest BCUT2D eigenvalue weighted by Crippen LogP contribution is 2.54. The number of hydrogen-bond acceptors (Lipinski definition) is 3. The van der Waals surface area contributed by atoms with E-state index in [0.29, 0.717) is 17.9 Å². The topological polar surface area (TPSA) is 35.5 Å². The van der Waals surface area contributed by atoms with Crippen LogP contribution in [0.2, 0.25) is 0 Å². The number of benzene rings is 2. The Morgan fingerprint density at radius 3 is 1.68 bits per heavy atom. The molecule has 0 radical (unpaired) electrons. The maximum Gasteiger partial charge on any atom is 0.460 e. The Morgan fingerprint density at radius 1 is 0.765 bits per heavy atom. The van der Waals surface area contributed by atoms with Crippen molar-refractivity contribution in [1.29, 1.82) is 0 Å². The molecule has 0 unspecified atom stereocenters. The Labute approximate surface area is 187 Å². The van der Waals surface area contributed by atoms with Crippen LogP contribution in [0.25, 0.3) is 11.1 Å². The fraction of sp³-hybridized carbons (Fsp3) is 0.318. The summed E-state index contributed by atoms with van der Waals surface area (Å²) in [6, 6.07) is 12.3. The van der Waals surface area contributed by atoms with Crippen molar-refractivity contribution in [1.82, 2.24) is 0 Å². The van der Waals surface area contributed by atoms with E-state index in [-0.39, 0.29) is 5.75 Å². The minimum atomic E-state index is -7.00. The average Bonchev–Trinajstić information content (AvgIpc) is 2.76. The molecule has 0 atom stereocenters. The number of esters is 1. The summed E-state index contributed by atoms with van der Waals surface area (Å²) in [5.41, 5.74) is 1.38. The monoisotopic (exact) mass is 500 g/mol. The van der Waals surface area contributed by atoms with Crippen LogP contribution in [0.4, 0.5) is 39.5 Å². The summed E-state index contributed by atoms with van der Waals surface area (Å²) in [5, 5.41) is 0. The lowest BCUT2D eigenvalue weighted by atomic mass is 9.99. The first-order valence-electron chi connectivity index (χ1n) is 9.47. The molecule has 0 N–H and O–H groups in total. The van der Waals surface area contributed by atoms with Crippen molar-refractivity contribution in [3.8, 4) is 22.6 Å². The molecule has 34 heavy (non-hydrogen) atoms. The molecule has 0 aromatic heterocycles. The van der Waals surface area contributed by atoms with E-state index in [9.17, 15) is 44.3 Å². The predicted molar refractivity (Wildman–Crippen MR) is 103 cm³/mol. The van der Waals surface area contributed by atoms with Gasteiger partial charge in [0.1, 0.15) is 18.1 Å². The van der Waals surface area contributed by atoms with Crippen LogP contribution in [-0.4, -0.2) is 36.5 Å². The smallest absolute Gasteiger partial charge is 0.460 e. The summed E-state index contributed by atoms with van der Waals surface area (Å²) in [4.78, 5) is 11.7. The molecule has 0 saturated heterocycles. The molecular weight excluding hydrogens is 483 g/mol. The van der Waals surface area contributed by atoms with E-state index in [4.69, 9.17) is 4.74 Å². The van der Waals surface area contributed by atoms with Crippen LogP contribution in [0.5, 0.6) is 11.5 Å². The number of rotatable bonds is 10. The molecule has 186 valence electrons. The summed E-state index contributed by atoms with van der Waals surface area (Å²) in [7, 11) is 0. The zero-order valence-electron chi connectivity index (χ0n) is 17.2. The third-order valence-corrected chi connectivity index (χ3v) is 4.49. The molecule has 0 saturated carbocycles. The van der Waals surface area contributed by atoms with Crippen molar-refractivity contribution in [3.05, 3.63) is 61.2 Å². The van der Waals surface area contributed by atoms with Crippen molar-refractivity contribution in [2.75, 3.05) is 6.61 Å². The lowest BCUT2D eigenvalue weighted by Gasteiger charge is -2.33. The molecule has 2 rings (SSSR count). The van der Waals surface area contributed by atoms with Crippen LogP contribution in [0.1, 0.15) is 12.8 Å². The third-order valence-electron chi connectivity index (χ3n) is 4.49. The molecule has 12 heteroatoms. The third kappa shape index (κ3) is 5.84. The highest BCUT2D eigenvalue weighted by molar-refractivity contribution is 5.73. The molecule has 0 aliphatic carbocycles. The fourth-order valence-corrected chi connectivity index (χ4v) is 2.62. The molecule has 0 bridgehead atoms. The maximum atomic E-state index is 13.5. The van der Waals surface area contributed by atoms with Gasteiger partial charge in [0.15, 0.2) is 0 Å². The SMILES string of the molecule is C=CCOc1ccc(-c2ccc(OC(=O)CCC(F)(F)C(F)(F)C(F)(F)C(F)(F)F)cc2)cc1. The number of ether oxygens (including phenoxy) is 2. The fourth-order valence-electron chi connectivity index (χ4n) is 2.62. The van der Waals surface area contributed by atoms with Gasteiger partial charge in [0, 0.05) is 6.42 Å². The zero-order valence-corrected chi connectivity index (χ0v) is 17.2. The highest BCUT2D eigenvalue weighted by Gasteiger charge is 2.81. The molecule has 0 aliphatic heterocycles. The summed E-state index contributed by atoms with van der Waals surface area (Å²) in [5.74, 6) is -20.7. The van der Waals surface area contributed by atoms with Gasteiger partial charge in [0.05, 0.1) is 6.42 Å². The number of carbonyl (C=O) groups is 1. The Morgan fingerprint density at radius 2 is 1.24 bits per heavy atom. The lowest BCUT2D eigenvalue weighted by molar-refractivity contribution is -0.396. The first-order chi connectivity index (χ1) is 15.6. The van der Waals surface area contributed by atoms with Crippen LogP contribution in [0.3, 0.4) is 0 Å². The lowest BCUT2D eigenvalue weighted by Crippen LogP contribution is -2.60. The van der Waals surface area contributed by atoms with Crippen LogP contribution in [0.15, 0.2) is 61.2 Å². The van der Waals surface area contributed by atoms with E-state index >= 15 is 0 Å². The summed E-state index contributed by atoms with van der Waals surface area (Å²) >= 11 is 0. The molecule has 0 spiro atoms. The van der Waals surface area contributed by atoms with Crippen molar-refractivity contribution in [2.24, 2.45) is 0 Å². The number of hydrogen-bond donors (Lipinski definition) is 0. The Balaban J connectivity index is 1.99. The normalized spacial score (nSPS) is 12.9. The molecule has 2 aromatic carbocycles. The van der Waals surface area contributed by atoms with E-state index in [1.54, 1.807) is 30.3 Å². The number of halogens is 9. The number of carbonyl (C=O) groups excluding carboxylic acids is 1. The van der Waals surface area contributed by atoms with E-state index < -0.39 is 42.8 Å². The Bertz CT molecular complexity index is 982. The second-order valence-corrected chi connectivity index (χ2v) is 6.97. The van der Waals surface area contributed by atoms with Gasteiger partial charge in [-0.1, -0.05) is 36.9 Å². The van der Waals surface area contributed by atoms with Crippen LogP contribution < -0.4 is 9.47 Å². The van der Waals surface area contributed by atoms with E-state index in [1.165, 1.54) is 24.3 Å². The zero-order chi connectivity index (χ0) is 25.8. The van der Waals surface area contributed by atoms with Gasteiger partial charge >= 0.3 is 29.9 Å². The molecule has 3 nitrogen and oxygen atoms in total. The van der Waals surface area contributed by atoms with E-state index in [1.807, 2.05) is 0 Å². The maximum absolute atomic E-state index is 13.5. The summed E-state index contributed by atoms with van der Waals surface area (Å²) < 4.78 is 126. The molecular formula is C22H17F9O3. The Kier molecular flexibility index (Phi) is 7.94. The molecule has 0 fully saturated rings. The van der Waals surface area contributed by atoms with Crippen molar-refractivity contribution in [2.45, 2.75) is 36.8 Å². The van der Waals surface area contributed by atoms with Gasteiger partial charge in [-0.2, -0.15) is 39.5 Å². The average molecular weight is 500 g/mol. The molecule has 0 amide bonds.